The molecule has 0 saturated heterocycles. The molecule has 1 aromatic heterocycles. The summed E-state index contributed by atoms with van der Waals surface area (Å²) >= 11 is -0.0696. The summed E-state index contributed by atoms with van der Waals surface area (Å²) in [6.45, 7) is 3.99. The van der Waals surface area contributed by atoms with Crippen molar-refractivity contribution in [3.8, 4) is 0 Å². The molecule has 0 bridgehead atoms. The third-order valence-corrected chi connectivity index (χ3v) is 2.69. The van der Waals surface area contributed by atoms with Gasteiger partial charge in [-0.2, -0.15) is 13.2 Å². The number of alkyl halides is 3. The van der Waals surface area contributed by atoms with E-state index in [4.69, 9.17) is 5.73 Å². The third-order valence-electron chi connectivity index (χ3n) is 1.95. The lowest BCUT2D eigenvalue weighted by molar-refractivity contribution is -0.0327. The van der Waals surface area contributed by atoms with Crippen molar-refractivity contribution in [2.24, 2.45) is 0 Å². The second-order valence-electron chi connectivity index (χ2n) is 3.91. The van der Waals surface area contributed by atoms with Crippen molar-refractivity contribution >= 4 is 23.4 Å². The van der Waals surface area contributed by atoms with Gasteiger partial charge < -0.3 is 11.1 Å². The molecule has 0 spiro atoms. The zero-order valence-corrected chi connectivity index (χ0v) is 10.9. The van der Waals surface area contributed by atoms with Crippen LogP contribution in [0.5, 0.6) is 0 Å². The summed E-state index contributed by atoms with van der Waals surface area (Å²) in [5, 5.41) is 2.80. The van der Waals surface area contributed by atoms with E-state index in [1.165, 1.54) is 6.07 Å². The monoisotopic (exact) mass is 280 g/mol. The summed E-state index contributed by atoms with van der Waals surface area (Å²) in [4.78, 5) is 8.22. The number of nitrogen functional groups attached to an aromatic ring is 1. The SMILES string of the molecule is CC(C)c1nc(N)cc(NCCSC(F)(F)F)n1. The molecule has 4 nitrogen and oxygen atoms in total. The first-order chi connectivity index (χ1) is 8.28. The molecular weight excluding hydrogens is 265 g/mol. The number of hydrogen-bond acceptors (Lipinski definition) is 5. The minimum absolute atomic E-state index is 0.0696. The highest BCUT2D eigenvalue weighted by molar-refractivity contribution is 8.00. The predicted octanol–water partition coefficient (Wildman–Crippen LogP) is 2.85. The summed E-state index contributed by atoms with van der Waals surface area (Å²) in [7, 11) is 0. The van der Waals surface area contributed by atoms with Crippen LogP contribution in [0.15, 0.2) is 6.07 Å². The largest absolute Gasteiger partial charge is 0.441 e. The number of hydrogen-bond donors (Lipinski definition) is 2. The van der Waals surface area contributed by atoms with Crippen LogP contribution >= 0.6 is 11.8 Å². The van der Waals surface area contributed by atoms with Crippen molar-refractivity contribution < 1.29 is 13.2 Å². The molecule has 1 rings (SSSR count). The lowest BCUT2D eigenvalue weighted by Gasteiger charge is -2.10. The fraction of sp³-hybridized carbons (Fsp3) is 0.600. The van der Waals surface area contributed by atoms with Crippen LogP contribution in [0.25, 0.3) is 0 Å². The molecular formula is C10H15F3N4S. The lowest BCUT2D eigenvalue weighted by atomic mass is 10.2. The van der Waals surface area contributed by atoms with E-state index in [9.17, 15) is 13.2 Å². The first kappa shape index (κ1) is 14.9. The maximum Gasteiger partial charge on any atom is 0.441 e. The van der Waals surface area contributed by atoms with Crippen molar-refractivity contribution in [1.29, 1.82) is 0 Å². The number of anilines is 2. The van der Waals surface area contributed by atoms with Crippen LogP contribution in [-0.4, -0.2) is 27.8 Å². The van der Waals surface area contributed by atoms with E-state index in [0.717, 1.165) is 0 Å². The predicted molar refractivity (Wildman–Crippen MR) is 67.5 cm³/mol. The Bertz CT molecular complexity index is 395. The zero-order valence-electron chi connectivity index (χ0n) is 10.1. The molecule has 102 valence electrons. The molecule has 0 aliphatic heterocycles. The van der Waals surface area contributed by atoms with E-state index in [1.54, 1.807) is 0 Å². The van der Waals surface area contributed by atoms with Gasteiger partial charge in [-0.1, -0.05) is 13.8 Å². The van der Waals surface area contributed by atoms with Gasteiger partial charge in [0.1, 0.15) is 17.5 Å². The van der Waals surface area contributed by atoms with E-state index in [2.05, 4.69) is 15.3 Å². The van der Waals surface area contributed by atoms with Crippen molar-refractivity contribution in [3.63, 3.8) is 0 Å². The van der Waals surface area contributed by atoms with Crippen LogP contribution in [0.3, 0.4) is 0 Å². The highest BCUT2D eigenvalue weighted by atomic mass is 32.2. The second-order valence-corrected chi connectivity index (χ2v) is 5.07. The van der Waals surface area contributed by atoms with Gasteiger partial charge in [-0.25, -0.2) is 9.97 Å². The van der Waals surface area contributed by atoms with Crippen molar-refractivity contribution in [2.45, 2.75) is 25.3 Å². The summed E-state index contributed by atoms with van der Waals surface area (Å²) in [5.74, 6) is 1.36. The maximum absolute atomic E-state index is 11.9. The van der Waals surface area contributed by atoms with E-state index in [-0.39, 0.29) is 30.0 Å². The highest BCUT2D eigenvalue weighted by Crippen LogP contribution is 2.29. The van der Waals surface area contributed by atoms with Crippen molar-refractivity contribution in [3.05, 3.63) is 11.9 Å². The lowest BCUT2D eigenvalue weighted by Crippen LogP contribution is -2.12. The molecule has 0 radical (unpaired) electrons. The van der Waals surface area contributed by atoms with Gasteiger partial charge in [-0.05, 0) is 11.8 Å². The minimum Gasteiger partial charge on any atom is -0.384 e. The molecule has 0 atom stereocenters. The number of nitrogens with two attached hydrogens (primary N) is 1. The first-order valence-electron chi connectivity index (χ1n) is 5.37. The Morgan fingerprint density at radius 3 is 2.61 bits per heavy atom. The molecule has 0 aliphatic rings. The zero-order chi connectivity index (χ0) is 13.8. The number of thioether (sulfide) groups is 1. The third kappa shape index (κ3) is 5.44. The summed E-state index contributed by atoms with van der Waals surface area (Å²) < 4.78 is 35.7. The average molecular weight is 280 g/mol. The fourth-order valence-corrected chi connectivity index (χ4v) is 1.62. The minimum atomic E-state index is -4.20. The van der Waals surface area contributed by atoms with Gasteiger partial charge in [0.2, 0.25) is 0 Å². The van der Waals surface area contributed by atoms with E-state index in [1.807, 2.05) is 13.8 Å². The van der Waals surface area contributed by atoms with Crippen LogP contribution in [0, 0.1) is 0 Å². The molecule has 0 fully saturated rings. The molecule has 3 N–H and O–H groups in total. The molecule has 0 saturated carbocycles. The Morgan fingerprint density at radius 2 is 2.06 bits per heavy atom. The average Bonchev–Trinajstić information content (AvgIpc) is 2.22. The van der Waals surface area contributed by atoms with Crippen LogP contribution in [0.4, 0.5) is 24.8 Å². The highest BCUT2D eigenvalue weighted by Gasteiger charge is 2.27. The van der Waals surface area contributed by atoms with Gasteiger partial charge in [-0.15, -0.1) is 0 Å². The van der Waals surface area contributed by atoms with Gasteiger partial charge >= 0.3 is 5.51 Å². The Kier molecular flexibility index (Phi) is 5.06. The Balaban J connectivity index is 2.52. The molecule has 0 aromatic carbocycles. The molecule has 0 unspecified atom stereocenters. The van der Waals surface area contributed by atoms with Gasteiger partial charge in [-0.3, -0.25) is 0 Å². The molecule has 1 heterocycles. The van der Waals surface area contributed by atoms with Gasteiger partial charge in [0.15, 0.2) is 0 Å². The normalized spacial score (nSPS) is 11.9. The summed E-state index contributed by atoms with van der Waals surface area (Å²) in [6, 6.07) is 1.50. The standard InChI is InChI=1S/C10H15F3N4S/c1-6(2)9-16-7(14)5-8(17-9)15-3-4-18-10(11,12)13/h5-6H,3-4H2,1-2H3,(H3,14,15,16,17). The molecule has 18 heavy (non-hydrogen) atoms. The first-order valence-corrected chi connectivity index (χ1v) is 6.35. The molecule has 0 amide bonds. The van der Waals surface area contributed by atoms with E-state index < -0.39 is 5.51 Å². The number of nitrogens with zero attached hydrogens (tertiary/aromatic N) is 2. The van der Waals surface area contributed by atoms with Crippen LogP contribution in [-0.2, 0) is 0 Å². The molecule has 0 aliphatic carbocycles. The van der Waals surface area contributed by atoms with Crippen LogP contribution < -0.4 is 11.1 Å². The Hall–Kier alpha value is -1.18. The Morgan fingerprint density at radius 1 is 1.39 bits per heavy atom. The quantitative estimate of drug-likeness (QED) is 0.812. The summed E-state index contributed by atoms with van der Waals surface area (Å²) in [5.41, 5.74) is 1.40. The number of halogens is 3. The van der Waals surface area contributed by atoms with Crippen molar-refractivity contribution in [2.75, 3.05) is 23.3 Å². The van der Waals surface area contributed by atoms with E-state index >= 15 is 0 Å². The second kappa shape index (κ2) is 6.12. The van der Waals surface area contributed by atoms with Gasteiger partial charge in [0.25, 0.3) is 0 Å². The van der Waals surface area contributed by atoms with Crippen LogP contribution in [0.1, 0.15) is 25.6 Å². The van der Waals surface area contributed by atoms with E-state index in [0.29, 0.717) is 17.5 Å². The number of nitrogens with one attached hydrogen (secondary N) is 1. The summed E-state index contributed by atoms with van der Waals surface area (Å²) in [6.07, 6.45) is 0. The van der Waals surface area contributed by atoms with Crippen LogP contribution in [0.2, 0.25) is 0 Å². The topological polar surface area (TPSA) is 63.8 Å². The van der Waals surface area contributed by atoms with Crippen molar-refractivity contribution in [1.82, 2.24) is 9.97 Å². The Labute approximate surface area is 108 Å². The smallest absolute Gasteiger partial charge is 0.384 e. The maximum atomic E-state index is 11.9. The van der Waals surface area contributed by atoms with Gasteiger partial charge in [0.05, 0.1) is 0 Å². The fourth-order valence-electron chi connectivity index (χ4n) is 1.18. The molecule has 8 heteroatoms. The van der Waals surface area contributed by atoms with Gasteiger partial charge in [0, 0.05) is 24.3 Å². The molecule has 1 aromatic rings. The number of rotatable bonds is 5. The number of aromatic nitrogens is 2.